The maximum atomic E-state index is 14.4. The summed E-state index contributed by atoms with van der Waals surface area (Å²) < 4.78 is 55.1. The zero-order valence-electron chi connectivity index (χ0n) is 40.7. The van der Waals surface area contributed by atoms with Gasteiger partial charge in [0, 0.05) is 47.5 Å². The Bertz CT molecular complexity index is 2870. The third-order valence-electron chi connectivity index (χ3n) is 18.3. The number of aromatic hydroxyl groups is 1. The van der Waals surface area contributed by atoms with Gasteiger partial charge >= 0.3 is 0 Å². The molecular formula is C59H69N3O8S. The standard InChI is InChI=1S/C59H69N3O8S/c1-35-13-14-40-30-46-21-23-48(40)50(35)33-54(71(66,67)68)51-32-42-28-41(31-47-26-37(34-63)10-7-11-39-29-45(64)20-22-49(39)56(42)69-47)55(51)38-15-17-44(18-16-38)59(70-46,62-57(60)61)52-24-19-43-12-5-6-25-58(43,65)53(52)27-36-8-3-2-4-9-36/h2-4,8-9,15-18,20-23,29-30,32,35,37,41,43,47,50-56,63-65H,5-6,10,12-14,19,24-28,31,33-34H2,1H3,(H4,60,61,62)(H,66,67,68). The number of aryl methyl sites for hydroxylation is 1. The minimum Gasteiger partial charge on any atom is -0.508 e. The Kier molecular flexibility index (Phi) is 12.9. The first kappa shape index (κ1) is 48.1. The fraction of sp³-hybridized carbons (Fsp3) is 0.508. The number of guanidine groups is 1. The first-order valence-corrected chi connectivity index (χ1v) is 27.8. The summed E-state index contributed by atoms with van der Waals surface area (Å²) >= 11 is 0. The molecule has 1 saturated heterocycles. The molecule has 4 aliphatic carbocycles. The number of hydrogen-bond donors (Lipinski definition) is 6. The van der Waals surface area contributed by atoms with Gasteiger partial charge in [0.2, 0.25) is 5.72 Å². The largest absolute Gasteiger partial charge is 0.508 e. The Labute approximate surface area is 418 Å². The van der Waals surface area contributed by atoms with Crippen LogP contribution in [0.5, 0.6) is 11.5 Å². The van der Waals surface area contributed by atoms with E-state index >= 15 is 0 Å². The number of aliphatic imine (C=N–C) groups is 1. The third-order valence-corrected chi connectivity index (χ3v) is 19.6. The van der Waals surface area contributed by atoms with Gasteiger partial charge in [-0.1, -0.05) is 104 Å². The molecule has 0 aromatic heterocycles. The highest BCUT2D eigenvalue weighted by molar-refractivity contribution is 7.86. The number of aliphatic hydroxyl groups excluding tert-OH is 1. The highest BCUT2D eigenvalue weighted by atomic mass is 32.2. The van der Waals surface area contributed by atoms with Crippen molar-refractivity contribution < 1.29 is 37.8 Å². The lowest BCUT2D eigenvalue weighted by atomic mass is 9.54. The van der Waals surface area contributed by atoms with Crippen molar-refractivity contribution in [2.45, 2.75) is 137 Å². The summed E-state index contributed by atoms with van der Waals surface area (Å²) in [6.07, 6.45) is 11.0. The Morgan fingerprint density at radius 3 is 2.49 bits per heavy atom. The monoisotopic (exact) mass is 979 g/mol. The lowest BCUT2D eigenvalue weighted by Gasteiger charge is -2.55. The van der Waals surface area contributed by atoms with Crippen LogP contribution >= 0.6 is 0 Å². The number of benzene rings is 4. The predicted octanol–water partition coefficient (Wildman–Crippen LogP) is 9.34. The van der Waals surface area contributed by atoms with Crippen LogP contribution in [0.15, 0.2) is 108 Å². The molecule has 4 aromatic carbocycles. The summed E-state index contributed by atoms with van der Waals surface area (Å²) in [7, 11) is -4.67. The van der Waals surface area contributed by atoms with E-state index in [1.807, 2.05) is 42.5 Å². The fourth-order valence-corrected chi connectivity index (χ4v) is 16.1. The molecule has 14 unspecified atom stereocenters. The molecule has 374 valence electrons. The molecule has 0 amide bonds. The highest BCUT2D eigenvalue weighted by Crippen LogP contribution is 2.59. The highest BCUT2D eigenvalue weighted by Gasteiger charge is 2.59. The van der Waals surface area contributed by atoms with E-state index in [0.29, 0.717) is 49.8 Å². The summed E-state index contributed by atoms with van der Waals surface area (Å²) in [6.45, 7) is 2.12. The second-order valence-electron chi connectivity index (χ2n) is 22.4. The molecule has 8 N–H and O–H groups in total. The van der Waals surface area contributed by atoms with E-state index in [1.165, 1.54) is 0 Å². The number of phenols is 1. The van der Waals surface area contributed by atoms with Crippen LogP contribution in [0, 0.1) is 53.3 Å². The van der Waals surface area contributed by atoms with Gasteiger partial charge in [0.15, 0.2) is 5.96 Å². The Morgan fingerprint density at radius 1 is 0.915 bits per heavy atom. The van der Waals surface area contributed by atoms with Gasteiger partial charge in [0.1, 0.15) is 17.6 Å². The number of hydrogen-bond acceptors (Lipinski definition) is 8. The summed E-state index contributed by atoms with van der Waals surface area (Å²) in [5, 5.41) is 33.3. The summed E-state index contributed by atoms with van der Waals surface area (Å²) in [6, 6.07) is 29.9. The Hall–Kier alpha value is -5.16. The first-order chi connectivity index (χ1) is 34.2. The third kappa shape index (κ3) is 8.98. The van der Waals surface area contributed by atoms with Crippen LogP contribution in [0.2, 0.25) is 0 Å². The van der Waals surface area contributed by atoms with Crippen LogP contribution in [-0.2, 0) is 33.4 Å². The number of nitrogens with two attached hydrogens (primary N) is 2. The first-order valence-electron chi connectivity index (χ1n) is 26.2. The maximum absolute atomic E-state index is 14.4. The van der Waals surface area contributed by atoms with E-state index in [1.54, 1.807) is 12.1 Å². The molecule has 13 rings (SSSR count). The Balaban J connectivity index is 1.13. The van der Waals surface area contributed by atoms with Gasteiger partial charge < -0.3 is 36.3 Å². The summed E-state index contributed by atoms with van der Waals surface area (Å²) in [5.41, 5.74) is 17.9. The molecule has 5 aliphatic heterocycles. The summed E-state index contributed by atoms with van der Waals surface area (Å²) in [5.74, 6) is 5.22. The van der Waals surface area contributed by atoms with E-state index in [2.05, 4.69) is 61.2 Å². The molecule has 9 aliphatic rings. The number of fused-ring (bicyclic) bond motifs is 10. The number of nitrogens with zero attached hydrogens (tertiary/aromatic N) is 1. The van der Waals surface area contributed by atoms with Crippen molar-refractivity contribution in [3.63, 3.8) is 0 Å². The van der Waals surface area contributed by atoms with Gasteiger partial charge in [-0.3, -0.25) is 4.55 Å². The average molecular weight is 980 g/mol. The predicted molar refractivity (Wildman–Crippen MR) is 274 cm³/mol. The number of ether oxygens (including phenoxy) is 2. The molecule has 10 bridgehead atoms. The smallest absolute Gasteiger partial charge is 0.268 e. The maximum Gasteiger partial charge on any atom is 0.268 e. The zero-order chi connectivity index (χ0) is 49.2. The van der Waals surface area contributed by atoms with Crippen molar-refractivity contribution in [1.29, 1.82) is 0 Å². The van der Waals surface area contributed by atoms with Crippen LogP contribution in [0.1, 0.15) is 141 Å². The van der Waals surface area contributed by atoms with E-state index < -0.39 is 38.7 Å². The van der Waals surface area contributed by atoms with Gasteiger partial charge in [-0.05, 0) is 158 Å². The second-order valence-corrected chi connectivity index (χ2v) is 24.0. The molecule has 2 saturated carbocycles. The molecule has 0 spiro atoms. The van der Waals surface area contributed by atoms with Crippen LogP contribution in [0.4, 0.5) is 0 Å². The van der Waals surface area contributed by atoms with E-state index in [4.69, 9.17) is 25.9 Å². The number of allylic oxidation sites excluding steroid dienone is 1. The van der Waals surface area contributed by atoms with Crippen molar-refractivity contribution in [3.05, 3.63) is 142 Å². The molecule has 4 aromatic rings. The van der Waals surface area contributed by atoms with Crippen LogP contribution in [0.3, 0.4) is 0 Å². The van der Waals surface area contributed by atoms with Crippen molar-refractivity contribution in [1.82, 2.24) is 0 Å². The van der Waals surface area contributed by atoms with Crippen molar-refractivity contribution >= 4 is 16.1 Å². The summed E-state index contributed by atoms with van der Waals surface area (Å²) in [4.78, 5) is 5.24. The zero-order valence-corrected chi connectivity index (χ0v) is 41.5. The molecule has 0 radical (unpaired) electrons. The molecule has 12 heteroatoms. The fourth-order valence-electron chi connectivity index (χ4n) is 15.0. The lowest BCUT2D eigenvalue weighted by molar-refractivity contribution is -0.174. The molecule has 5 heterocycles. The van der Waals surface area contributed by atoms with Crippen LogP contribution in [0.25, 0.3) is 0 Å². The number of rotatable bonds is 6. The SMILES string of the molecule is CC1CCc2cc3ccc2C1CC(S(=O)(=O)O)C1C=C2CC(CC4CC(CO)CC#Cc5cc(O)ccc5C2O4)C1c1ccc(cc1)C(N=C(N)N)(C1CCC2CCCCC2(O)C1Cc1ccccc1)O3. The lowest BCUT2D eigenvalue weighted by Crippen LogP contribution is -2.59. The molecule has 3 fully saturated rings. The van der Waals surface area contributed by atoms with Crippen LogP contribution < -0.4 is 16.2 Å². The van der Waals surface area contributed by atoms with Gasteiger partial charge in [0.25, 0.3) is 10.1 Å². The van der Waals surface area contributed by atoms with Crippen molar-refractivity contribution in [3.8, 4) is 23.3 Å². The Morgan fingerprint density at radius 2 is 1.72 bits per heavy atom. The molecule has 71 heavy (non-hydrogen) atoms. The van der Waals surface area contributed by atoms with Gasteiger partial charge in [0.05, 0.1) is 17.0 Å². The normalized spacial score (nSPS) is 35.2. The van der Waals surface area contributed by atoms with Crippen molar-refractivity contribution in [2.75, 3.05) is 6.61 Å². The molecule has 14 atom stereocenters. The van der Waals surface area contributed by atoms with E-state index in [0.717, 1.165) is 83.9 Å². The van der Waals surface area contributed by atoms with E-state index in [9.17, 15) is 28.3 Å². The van der Waals surface area contributed by atoms with Gasteiger partial charge in [-0.15, -0.1) is 0 Å². The van der Waals surface area contributed by atoms with Crippen molar-refractivity contribution in [2.24, 2.45) is 57.9 Å². The minimum absolute atomic E-state index is 0.0644. The molecular weight excluding hydrogens is 911 g/mol. The second kappa shape index (κ2) is 19.0. The average Bonchev–Trinajstić information content (AvgIpc) is 3.48. The topological polar surface area (TPSA) is 198 Å². The van der Waals surface area contributed by atoms with Crippen LogP contribution in [-0.4, -0.2) is 57.8 Å². The minimum atomic E-state index is -4.67. The number of aliphatic hydroxyl groups is 2. The van der Waals surface area contributed by atoms with Gasteiger partial charge in [-0.2, -0.15) is 8.42 Å². The number of phenolic OH excluding ortho intramolecular Hbond substituents is 1. The van der Waals surface area contributed by atoms with E-state index in [-0.39, 0.29) is 78.2 Å². The molecule has 11 nitrogen and oxygen atoms in total. The quantitative estimate of drug-likeness (QED) is 0.0356. The van der Waals surface area contributed by atoms with Gasteiger partial charge in [-0.25, -0.2) is 4.99 Å².